The molecule has 2 aromatic heterocycles. The molecule has 1 aromatic carbocycles. The maximum Gasteiger partial charge on any atom is 0.230 e. The van der Waals surface area contributed by atoms with Gasteiger partial charge < -0.3 is 10.1 Å². The summed E-state index contributed by atoms with van der Waals surface area (Å²) in [5, 5.41) is 17.2. The zero-order valence-electron chi connectivity index (χ0n) is 13.6. The maximum absolute atomic E-state index is 12.0. The van der Waals surface area contributed by atoms with E-state index in [1.54, 1.807) is 23.1 Å². The molecule has 0 saturated carbocycles. The van der Waals surface area contributed by atoms with Crippen LogP contribution in [0, 0.1) is 0 Å². The maximum atomic E-state index is 12.0. The molecule has 7 nitrogen and oxygen atoms in total. The second kappa shape index (κ2) is 8.63. The van der Waals surface area contributed by atoms with Gasteiger partial charge in [-0.25, -0.2) is 4.68 Å². The number of thioether (sulfide) groups is 1. The van der Waals surface area contributed by atoms with E-state index in [1.165, 1.54) is 11.8 Å². The molecule has 3 aromatic rings. The van der Waals surface area contributed by atoms with Crippen molar-refractivity contribution in [2.75, 3.05) is 12.9 Å². The first-order valence-corrected chi connectivity index (χ1v) is 9.42. The van der Waals surface area contributed by atoms with E-state index < -0.39 is 0 Å². The summed E-state index contributed by atoms with van der Waals surface area (Å²) in [6, 6.07) is 11.6. The van der Waals surface area contributed by atoms with Gasteiger partial charge in [-0.2, -0.15) is 0 Å². The van der Waals surface area contributed by atoms with Gasteiger partial charge >= 0.3 is 0 Å². The average molecular weight is 375 g/mol. The fraction of sp³-hybridized carbons (Fsp3) is 0.250. The number of tetrazole rings is 1. The predicted molar refractivity (Wildman–Crippen MR) is 96.8 cm³/mol. The minimum Gasteiger partial charge on any atom is -0.497 e. The Morgan fingerprint density at radius 1 is 1.32 bits per heavy atom. The predicted octanol–water partition coefficient (Wildman–Crippen LogP) is 2.20. The van der Waals surface area contributed by atoms with Crippen LogP contribution in [-0.2, 0) is 17.9 Å². The van der Waals surface area contributed by atoms with E-state index in [9.17, 15) is 4.79 Å². The number of hydrogen-bond acceptors (Lipinski definition) is 7. The number of carbonyl (C=O) groups excluding carboxylic acids is 1. The normalized spacial score (nSPS) is 10.6. The Morgan fingerprint density at radius 3 is 2.88 bits per heavy atom. The molecule has 0 saturated heterocycles. The number of nitrogens with zero attached hydrogens (tertiary/aromatic N) is 4. The lowest BCUT2D eigenvalue weighted by Crippen LogP contribution is -2.24. The summed E-state index contributed by atoms with van der Waals surface area (Å²) in [7, 11) is 1.63. The second-order valence-electron chi connectivity index (χ2n) is 5.11. The molecule has 0 aliphatic rings. The number of thiophene rings is 1. The topological polar surface area (TPSA) is 81.9 Å². The van der Waals surface area contributed by atoms with Gasteiger partial charge in [0.1, 0.15) is 5.75 Å². The summed E-state index contributed by atoms with van der Waals surface area (Å²) in [5.74, 6) is 0.996. The number of rotatable bonds is 8. The van der Waals surface area contributed by atoms with Crippen molar-refractivity contribution in [2.24, 2.45) is 0 Å². The third-order valence-corrected chi connectivity index (χ3v) is 5.18. The van der Waals surface area contributed by atoms with Crippen molar-refractivity contribution >= 4 is 29.0 Å². The molecule has 0 atom stereocenters. The van der Waals surface area contributed by atoms with Crippen molar-refractivity contribution < 1.29 is 9.53 Å². The van der Waals surface area contributed by atoms with Gasteiger partial charge in [-0.05, 0) is 39.6 Å². The first-order chi connectivity index (χ1) is 12.2. The van der Waals surface area contributed by atoms with Gasteiger partial charge in [-0.15, -0.1) is 16.4 Å². The fourth-order valence-electron chi connectivity index (χ4n) is 2.07. The van der Waals surface area contributed by atoms with Crippen molar-refractivity contribution in [3.63, 3.8) is 0 Å². The minimum atomic E-state index is -0.0634. The van der Waals surface area contributed by atoms with Gasteiger partial charge in [0.2, 0.25) is 11.1 Å². The Hall–Kier alpha value is -2.39. The highest BCUT2D eigenvalue weighted by molar-refractivity contribution is 7.99. The molecule has 2 heterocycles. The third-order valence-electron chi connectivity index (χ3n) is 3.37. The van der Waals surface area contributed by atoms with E-state index in [4.69, 9.17) is 4.74 Å². The van der Waals surface area contributed by atoms with Crippen molar-refractivity contribution in [2.45, 2.75) is 18.2 Å². The van der Waals surface area contributed by atoms with Crippen LogP contribution in [0.25, 0.3) is 0 Å². The number of benzene rings is 1. The molecule has 0 spiro atoms. The van der Waals surface area contributed by atoms with Crippen LogP contribution >= 0.6 is 23.1 Å². The molecular formula is C16H17N5O2S2. The Balaban J connectivity index is 1.46. The fourth-order valence-corrected chi connectivity index (χ4v) is 3.47. The highest BCUT2D eigenvalue weighted by atomic mass is 32.2. The highest BCUT2D eigenvalue weighted by Gasteiger charge is 2.10. The van der Waals surface area contributed by atoms with Crippen LogP contribution in [0.2, 0.25) is 0 Å². The number of ether oxygens (including phenoxy) is 1. The van der Waals surface area contributed by atoms with Crippen LogP contribution < -0.4 is 10.1 Å². The summed E-state index contributed by atoms with van der Waals surface area (Å²) in [4.78, 5) is 13.2. The second-order valence-corrected chi connectivity index (χ2v) is 7.09. The van der Waals surface area contributed by atoms with Crippen molar-refractivity contribution in [1.82, 2.24) is 25.5 Å². The monoisotopic (exact) mass is 375 g/mol. The van der Waals surface area contributed by atoms with Gasteiger partial charge in [-0.3, -0.25) is 4.79 Å². The Kier molecular flexibility index (Phi) is 6.02. The minimum absolute atomic E-state index is 0.0634. The number of methoxy groups -OCH3 is 1. The van der Waals surface area contributed by atoms with Crippen LogP contribution in [0.5, 0.6) is 5.75 Å². The van der Waals surface area contributed by atoms with Gasteiger partial charge in [0.05, 0.1) is 19.4 Å². The SMILES string of the molecule is COc1ccc(CNC(=O)CSc2nnnn2Cc2cccs2)cc1. The van der Waals surface area contributed by atoms with Gasteiger partial charge in [-0.1, -0.05) is 30.0 Å². The van der Waals surface area contributed by atoms with Crippen LogP contribution in [-0.4, -0.2) is 39.0 Å². The third kappa shape index (κ3) is 5.04. The summed E-state index contributed by atoms with van der Waals surface area (Å²) in [5.41, 5.74) is 1.02. The van der Waals surface area contributed by atoms with Crippen LogP contribution in [0.4, 0.5) is 0 Å². The molecular weight excluding hydrogens is 358 g/mol. The van der Waals surface area contributed by atoms with Gasteiger partial charge in [0.25, 0.3) is 0 Å². The first kappa shape index (κ1) is 17.4. The smallest absolute Gasteiger partial charge is 0.230 e. The quantitative estimate of drug-likeness (QED) is 0.608. The largest absolute Gasteiger partial charge is 0.497 e. The molecule has 0 aliphatic carbocycles. The van der Waals surface area contributed by atoms with E-state index in [0.717, 1.165) is 16.2 Å². The molecule has 3 rings (SSSR count). The molecule has 25 heavy (non-hydrogen) atoms. The lowest BCUT2D eigenvalue weighted by molar-refractivity contribution is -0.118. The van der Waals surface area contributed by atoms with E-state index in [1.807, 2.05) is 41.8 Å². The Morgan fingerprint density at radius 2 is 2.16 bits per heavy atom. The van der Waals surface area contributed by atoms with E-state index in [2.05, 4.69) is 20.8 Å². The van der Waals surface area contributed by atoms with Crippen molar-refractivity contribution in [3.05, 3.63) is 52.2 Å². The van der Waals surface area contributed by atoms with Crippen LogP contribution in [0.1, 0.15) is 10.4 Å². The van der Waals surface area contributed by atoms with Crippen LogP contribution in [0.15, 0.2) is 46.9 Å². The lowest BCUT2D eigenvalue weighted by Gasteiger charge is -2.06. The number of nitrogens with one attached hydrogen (secondary N) is 1. The van der Waals surface area contributed by atoms with E-state index >= 15 is 0 Å². The molecule has 0 unspecified atom stereocenters. The van der Waals surface area contributed by atoms with Gasteiger partial charge in [0, 0.05) is 11.4 Å². The molecule has 1 amide bonds. The van der Waals surface area contributed by atoms with Crippen molar-refractivity contribution in [3.8, 4) is 5.75 Å². The number of carbonyl (C=O) groups is 1. The summed E-state index contributed by atoms with van der Waals surface area (Å²) in [6.07, 6.45) is 0. The summed E-state index contributed by atoms with van der Waals surface area (Å²) >= 11 is 2.97. The number of hydrogen-bond donors (Lipinski definition) is 1. The van der Waals surface area contributed by atoms with Crippen molar-refractivity contribution in [1.29, 1.82) is 0 Å². The van der Waals surface area contributed by atoms with Gasteiger partial charge in [0.15, 0.2) is 0 Å². The Bertz CT molecular complexity index is 802. The number of amides is 1. The van der Waals surface area contributed by atoms with Crippen LogP contribution in [0.3, 0.4) is 0 Å². The van der Waals surface area contributed by atoms with E-state index in [-0.39, 0.29) is 11.7 Å². The summed E-state index contributed by atoms with van der Waals surface area (Å²) in [6.45, 7) is 1.09. The molecule has 0 bridgehead atoms. The molecule has 1 N–H and O–H groups in total. The molecule has 9 heteroatoms. The molecule has 0 radical (unpaired) electrons. The lowest BCUT2D eigenvalue weighted by atomic mass is 10.2. The molecule has 130 valence electrons. The highest BCUT2D eigenvalue weighted by Crippen LogP contribution is 2.17. The average Bonchev–Trinajstić information content (AvgIpc) is 3.31. The standard InChI is InChI=1S/C16H17N5O2S2/c1-23-13-6-4-12(5-7-13)9-17-15(22)11-25-16-18-19-20-21(16)10-14-3-2-8-24-14/h2-8H,9-11H2,1H3,(H,17,22). The zero-order valence-corrected chi connectivity index (χ0v) is 15.2. The molecule has 0 fully saturated rings. The van der Waals surface area contributed by atoms with E-state index in [0.29, 0.717) is 18.2 Å². The summed E-state index contributed by atoms with van der Waals surface area (Å²) < 4.78 is 6.81. The zero-order chi connectivity index (χ0) is 17.5. The molecule has 0 aliphatic heterocycles. The number of aromatic nitrogens is 4. The first-order valence-electron chi connectivity index (χ1n) is 7.55. The Labute approximate surface area is 153 Å².